The largest absolute Gasteiger partial charge is 0.321 e. The zero-order valence-electron chi connectivity index (χ0n) is 12.2. The molecule has 0 spiro atoms. The topological polar surface area (TPSA) is 84.0 Å². The zero-order valence-corrected chi connectivity index (χ0v) is 13.8. The Hall–Kier alpha value is -2.77. The lowest BCUT2D eigenvalue weighted by Gasteiger charge is -2.09. The number of nitrogens with one attached hydrogen (secondary N) is 2. The molecule has 0 fully saturated rings. The van der Waals surface area contributed by atoms with E-state index in [1.54, 1.807) is 48.1 Å². The van der Waals surface area contributed by atoms with Gasteiger partial charge in [-0.1, -0.05) is 17.7 Å². The molecule has 0 saturated heterocycles. The molecule has 0 aliphatic carbocycles. The first-order valence-corrected chi connectivity index (χ1v) is 8.11. The number of amides is 2. The van der Waals surface area contributed by atoms with Gasteiger partial charge in [0.25, 0.3) is 11.8 Å². The van der Waals surface area contributed by atoms with Crippen LogP contribution >= 0.6 is 22.9 Å². The number of hydrogen-bond acceptors (Lipinski definition) is 5. The number of anilines is 2. The molecular weight excluding hydrogens is 348 g/mol. The molecule has 120 valence electrons. The van der Waals surface area contributed by atoms with Gasteiger partial charge in [-0.25, -0.2) is 0 Å². The van der Waals surface area contributed by atoms with E-state index in [-0.39, 0.29) is 11.8 Å². The van der Waals surface area contributed by atoms with E-state index in [1.165, 1.54) is 17.5 Å². The fraction of sp³-hybridized carbons (Fsp3) is 0. The van der Waals surface area contributed by atoms with Gasteiger partial charge in [0, 0.05) is 11.9 Å². The second kappa shape index (κ2) is 7.20. The van der Waals surface area contributed by atoms with Crippen molar-refractivity contribution in [2.75, 3.05) is 10.6 Å². The average molecular weight is 359 g/mol. The molecular formula is C16H11ClN4O2S. The Bertz CT molecular complexity index is 869. The van der Waals surface area contributed by atoms with Crippen LogP contribution in [0.15, 0.2) is 54.3 Å². The summed E-state index contributed by atoms with van der Waals surface area (Å²) >= 11 is 7.41. The molecule has 8 heteroatoms. The van der Waals surface area contributed by atoms with Gasteiger partial charge in [0.05, 0.1) is 22.4 Å². The predicted octanol–water partition coefficient (Wildman–Crippen LogP) is 3.70. The Morgan fingerprint density at radius 3 is 2.62 bits per heavy atom. The highest BCUT2D eigenvalue weighted by atomic mass is 35.5. The Morgan fingerprint density at radius 1 is 1.08 bits per heavy atom. The second-order valence-electron chi connectivity index (χ2n) is 4.68. The van der Waals surface area contributed by atoms with Gasteiger partial charge < -0.3 is 10.6 Å². The van der Waals surface area contributed by atoms with Crippen LogP contribution in [0.3, 0.4) is 0 Å². The van der Waals surface area contributed by atoms with Crippen molar-refractivity contribution < 1.29 is 9.59 Å². The molecule has 0 bridgehead atoms. The maximum Gasteiger partial charge on any atom is 0.274 e. The molecule has 3 aromatic rings. The lowest BCUT2D eigenvalue weighted by Crippen LogP contribution is -2.14. The molecule has 0 saturated carbocycles. The number of pyridine rings is 1. The van der Waals surface area contributed by atoms with E-state index >= 15 is 0 Å². The number of thiazole rings is 1. The fourth-order valence-corrected chi connectivity index (χ4v) is 2.64. The summed E-state index contributed by atoms with van der Waals surface area (Å²) in [4.78, 5) is 32.4. The van der Waals surface area contributed by atoms with Gasteiger partial charge in [0.2, 0.25) is 0 Å². The minimum atomic E-state index is -0.340. The van der Waals surface area contributed by atoms with Crippen molar-refractivity contribution in [1.29, 1.82) is 0 Å². The molecule has 0 aliphatic heterocycles. The highest BCUT2D eigenvalue weighted by molar-refractivity contribution is 7.11. The minimum absolute atomic E-state index is 0.287. The summed E-state index contributed by atoms with van der Waals surface area (Å²) < 4.78 is 0. The van der Waals surface area contributed by atoms with Crippen LogP contribution in [-0.2, 0) is 0 Å². The predicted molar refractivity (Wildman–Crippen MR) is 93.7 cm³/mol. The van der Waals surface area contributed by atoms with E-state index in [0.29, 0.717) is 27.0 Å². The van der Waals surface area contributed by atoms with Crippen molar-refractivity contribution in [2.45, 2.75) is 0 Å². The highest BCUT2D eigenvalue weighted by Crippen LogP contribution is 2.26. The van der Waals surface area contributed by atoms with Crippen molar-refractivity contribution in [3.63, 3.8) is 0 Å². The average Bonchev–Trinajstić information content (AvgIpc) is 3.13. The lowest BCUT2D eigenvalue weighted by molar-refractivity contribution is 0.101. The summed E-state index contributed by atoms with van der Waals surface area (Å²) in [7, 11) is 0. The quantitative estimate of drug-likeness (QED) is 0.744. The summed E-state index contributed by atoms with van der Waals surface area (Å²) in [5, 5.41) is 5.71. The number of nitrogens with zero attached hydrogens (tertiary/aromatic N) is 2. The highest BCUT2D eigenvalue weighted by Gasteiger charge is 2.12. The maximum absolute atomic E-state index is 12.1. The zero-order chi connectivity index (χ0) is 16.9. The number of rotatable bonds is 4. The van der Waals surface area contributed by atoms with Crippen LogP contribution in [0.25, 0.3) is 0 Å². The number of carbonyl (C=O) groups is 2. The van der Waals surface area contributed by atoms with Gasteiger partial charge in [-0.05, 0) is 30.3 Å². The van der Waals surface area contributed by atoms with E-state index in [9.17, 15) is 9.59 Å². The van der Waals surface area contributed by atoms with E-state index in [4.69, 9.17) is 11.6 Å². The SMILES string of the molecule is O=C(Nc1ccc(NC(=O)c2cncs2)c(Cl)c1)c1ccccn1. The molecule has 1 aromatic carbocycles. The van der Waals surface area contributed by atoms with Gasteiger partial charge in [-0.3, -0.25) is 19.6 Å². The Kier molecular flexibility index (Phi) is 4.83. The van der Waals surface area contributed by atoms with Crippen LogP contribution in [-0.4, -0.2) is 21.8 Å². The summed E-state index contributed by atoms with van der Waals surface area (Å²) in [6.45, 7) is 0. The van der Waals surface area contributed by atoms with Gasteiger partial charge in [0.1, 0.15) is 10.6 Å². The summed E-state index contributed by atoms with van der Waals surface area (Å²) in [5.41, 5.74) is 2.83. The third-order valence-corrected chi connectivity index (χ3v) is 4.11. The molecule has 0 unspecified atom stereocenters. The third-order valence-electron chi connectivity index (χ3n) is 3.03. The first-order valence-electron chi connectivity index (χ1n) is 6.85. The standard InChI is InChI=1S/C16H11ClN4O2S/c17-11-7-10(20-15(22)13-3-1-2-6-19-13)4-5-12(11)21-16(23)14-8-18-9-24-14/h1-9H,(H,20,22)(H,21,23). The Balaban J connectivity index is 1.71. The normalized spacial score (nSPS) is 10.2. The second-order valence-corrected chi connectivity index (χ2v) is 5.98. The molecule has 0 radical (unpaired) electrons. The van der Waals surface area contributed by atoms with Crippen LogP contribution in [0.5, 0.6) is 0 Å². The molecule has 2 aromatic heterocycles. The third kappa shape index (κ3) is 3.76. The molecule has 6 nitrogen and oxygen atoms in total. The molecule has 2 amide bonds. The number of hydrogen-bond donors (Lipinski definition) is 2. The molecule has 0 aliphatic rings. The summed E-state index contributed by atoms with van der Waals surface area (Å²) in [6.07, 6.45) is 3.02. The summed E-state index contributed by atoms with van der Waals surface area (Å²) in [5.74, 6) is -0.627. The molecule has 0 atom stereocenters. The van der Waals surface area contributed by atoms with Crippen LogP contribution in [0.2, 0.25) is 5.02 Å². The van der Waals surface area contributed by atoms with Gasteiger partial charge >= 0.3 is 0 Å². The number of halogens is 1. The fourth-order valence-electron chi connectivity index (χ4n) is 1.90. The smallest absolute Gasteiger partial charge is 0.274 e. The van der Waals surface area contributed by atoms with Gasteiger partial charge in [-0.2, -0.15) is 0 Å². The van der Waals surface area contributed by atoms with E-state index in [1.807, 2.05) is 0 Å². The van der Waals surface area contributed by atoms with Crippen LogP contribution in [0.4, 0.5) is 11.4 Å². The van der Waals surface area contributed by atoms with E-state index in [0.717, 1.165) is 0 Å². The first kappa shape index (κ1) is 16.1. The van der Waals surface area contributed by atoms with Gasteiger partial charge in [0.15, 0.2) is 0 Å². The number of aromatic nitrogens is 2. The van der Waals surface area contributed by atoms with Crippen molar-refractivity contribution >= 4 is 46.1 Å². The Morgan fingerprint density at radius 2 is 1.96 bits per heavy atom. The number of carbonyl (C=O) groups excluding carboxylic acids is 2. The van der Waals surface area contributed by atoms with Crippen molar-refractivity contribution in [3.8, 4) is 0 Å². The minimum Gasteiger partial charge on any atom is -0.321 e. The molecule has 3 rings (SSSR count). The lowest BCUT2D eigenvalue weighted by atomic mass is 10.2. The van der Waals surface area contributed by atoms with Crippen LogP contribution < -0.4 is 10.6 Å². The van der Waals surface area contributed by atoms with Gasteiger partial charge in [-0.15, -0.1) is 11.3 Å². The van der Waals surface area contributed by atoms with E-state index in [2.05, 4.69) is 20.6 Å². The molecule has 24 heavy (non-hydrogen) atoms. The number of benzene rings is 1. The summed E-state index contributed by atoms with van der Waals surface area (Å²) in [6, 6.07) is 9.90. The van der Waals surface area contributed by atoms with Crippen molar-refractivity contribution in [3.05, 3.63) is 69.9 Å². The first-order chi connectivity index (χ1) is 11.6. The maximum atomic E-state index is 12.1. The van der Waals surface area contributed by atoms with E-state index < -0.39 is 0 Å². The van der Waals surface area contributed by atoms with Crippen LogP contribution in [0, 0.1) is 0 Å². The van der Waals surface area contributed by atoms with Crippen molar-refractivity contribution in [2.24, 2.45) is 0 Å². The van der Waals surface area contributed by atoms with Crippen molar-refractivity contribution in [1.82, 2.24) is 9.97 Å². The van der Waals surface area contributed by atoms with Crippen LogP contribution in [0.1, 0.15) is 20.2 Å². The molecule has 2 heterocycles. The molecule has 2 N–H and O–H groups in total. The monoisotopic (exact) mass is 358 g/mol. The Labute approximate surface area is 146 Å².